The van der Waals surface area contributed by atoms with Crippen LogP contribution in [-0.4, -0.2) is 0 Å². The van der Waals surface area contributed by atoms with Crippen molar-refractivity contribution in [3.63, 3.8) is 0 Å². The van der Waals surface area contributed by atoms with Crippen LogP contribution < -0.4 is 4.90 Å². The lowest BCUT2D eigenvalue weighted by Crippen LogP contribution is -2.29. The van der Waals surface area contributed by atoms with Crippen molar-refractivity contribution in [2.24, 2.45) is 0 Å². The Labute approximate surface area is 392 Å². The van der Waals surface area contributed by atoms with Gasteiger partial charge in [0.05, 0.1) is 10.8 Å². The minimum absolute atomic E-state index is 0.417. The van der Waals surface area contributed by atoms with Gasteiger partial charge in [-0.05, 0) is 149 Å². The molecule has 0 saturated heterocycles. The molecule has 0 N–H and O–H groups in total. The molecule has 1 spiro atoms. The number of rotatable bonds is 6. The maximum Gasteiger partial charge on any atom is 0.0714 e. The Morgan fingerprint density at radius 3 is 1.28 bits per heavy atom. The maximum atomic E-state index is 2.56. The van der Waals surface area contributed by atoms with Crippen LogP contribution in [0.4, 0.5) is 17.1 Å². The van der Waals surface area contributed by atoms with Gasteiger partial charge in [-0.15, -0.1) is 0 Å². The molecule has 4 aliphatic rings. The first kappa shape index (κ1) is 38.1. The highest BCUT2D eigenvalue weighted by Gasteiger charge is 2.54. The second-order valence-electron chi connectivity index (χ2n) is 18.6. The molecule has 14 rings (SSSR count). The Kier molecular flexibility index (Phi) is 8.31. The van der Waals surface area contributed by atoms with E-state index in [2.05, 4.69) is 254 Å². The minimum Gasteiger partial charge on any atom is -0.310 e. The molecule has 0 radical (unpaired) electrons. The van der Waals surface area contributed by atoms with Gasteiger partial charge in [-0.25, -0.2) is 0 Å². The third-order valence-corrected chi connectivity index (χ3v) is 15.5. The van der Waals surface area contributed by atoms with E-state index in [1.165, 1.54) is 100 Å². The van der Waals surface area contributed by atoms with Gasteiger partial charge in [-0.1, -0.05) is 212 Å². The lowest BCUT2D eigenvalue weighted by atomic mass is 9.67. The van der Waals surface area contributed by atoms with Crippen molar-refractivity contribution >= 4 is 22.6 Å². The van der Waals surface area contributed by atoms with E-state index in [-0.39, 0.29) is 0 Å². The van der Waals surface area contributed by atoms with Crippen molar-refractivity contribution in [2.75, 3.05) is 4.90 Å². The van der Waals surface area contributed by atoms with Gasteiger partial charge in [0, 0.05) is 17.1 Å². The predicted molar refractivity (Wildman–Crippen MR) is 276 cm³/mol. The molecular formula is C66H45N. The van der Waals surface area contributed by atoms with Crippen LogP contribution in [0.2, 0.25) is 0 Å². The summed E-state index contributed by atoms with van der Waals surface area (Å²) in [6.45, 7) is 0. The van der Waals surface area contributed by atoms with Crippen LogP contribution in [0.1, 0.15) is 62.1 Å². The van der Waals surface area contributed by atoms with E-state index >= 15 is 0 Å². The number of aryl methyl sites for hydroxylation is 1. The highest BCUT2D eigenvalue weighted by molar-refractivity contribution is 6.01. The fourth-order valence-electron chi connectivity index (χ4n) is 12.9. The lowest BCUT2D eigenvalue weighted by molar-refractivity contribution is 0.706. The summed E-state index contributed by atoms with van der Waals surface area (Å²) < 4.78 is 0. The van der Waals surface area contributed by atoms with E-state index < -0.39 is 10.8 Å². The monoisotopic (exact) mass is 851 g/mol. The summed E-state index contributed by atoms with van der Waals surface area (Å²) in [5, 5.41) is 0. The van der Waals surface area contributed by atoms with Crippen molar-refractivity contribution in [1.29, 1.82) is 0 Å². The quantitative estimate of drug-likeness (QED) is 0.161. The number of benzene rings is 10. The second-order valence-corrected chi connectivity index (χ2v) is 18.6. The maximum absolute atomic E-state index is 2.56. The molecule has 10 aromatic carbocycles. The van der Waals surface area contributed by atoms with Gasteiger partial charge in [-0.2, -0.15) is 0 Å². The molecule has 1 nitrogen and oxygen atoms in total. The molecule has 0 aliphatic heterocycles. The summed E-state index contributed by atoms with van der Waals surface area (Å²) in [4.78, 5) is 2.52. The molecule has 0 fully saturated rings. The van der Waals surface area contributed by atoms with Gasteiger partial charge < -0.3 is 4.90 Å². The first-order valence-corrected chi connectivity index (χ1v) is 23.7. The van der Waals surface area contributed by atoms with Gasteiger partial charge >= 0.3 is 0 Å². The van der Waals surface area contributed by atoms with Crippen LogP contribution in [0.15, 0.2) is 254 Å². The van der Waals surface area contributed by atoms with Crippen LogP contribution in [0.5, 0.6) is 0 Å². The summed E-state index contributed by atoms with van der Waals surface area (Å²) in [6, 6.07) is 93.5. The topological polar surface area (TPSA) is 3.24 Å². The summed E-state index contributed by atoms with van der Waals surface area (Å²) in [7, 11) is 0. The van der Waals surface area contributed by atoms with Crippen LogP contribution >= 0.6 is 0 Å². The summed E-state index contributed by atoms with van der Waals surface area (Å²) in [5.41, 5.74) is 26.5. The number of hydrogen-bond donors (Lipinski definition) is 0. The molecule has 67 heavy (non-hydrogen) atoms. The summed E-state index contributed by atoms with van der Waals surface area (Å²) in [5.74, 6) is 0. The molecule has 0 saturated carbocycles. The second kappa shape index (κ2) is 14.6. The number of fused-ring (bicyclic) bond motifs is 14. The molecule has 314 valence electrons. The third-order valence-electron chi connectivity index (χ3n) is 15.5. The Morgan fingerprint density at radius 1 is 0.284 bits per heavy atom. The molecule has 0 atom stereocenters. The first-order chi connectivity index (χ1) is 33.2. The summed E-state index contributed by atoms with van der Waals surface area (Å²) in [6.07, 6.45) is 2.04. The lowest BCUT2D eigenvalue weighted by Gasteiger charge is -2.36. The van der Waals surface area contributed by atoms with Crippen LogP contribution in [0.3, 0.4) is 0 Å². The first-order valence-electron chi connectivity index (χ1n) is 23.7. The van der Waals surface area contributed by atoms with Gasteiger partial charge in [0.1, 0.15) is 0 Å². The van der Waals surface area contributed by atoms with Gasteiger partial charge in [0.25, 0.3) is 0 Å². The van der Waals surface area contributed by atoms with Gasteiger partial charge in [0.2, 0.25) is 0 Å². The van der Waals surface area contributed by atoms with Crippen molar-refractivity contribution in [2.45, 2.75) is 23.7 Å². The minimum atomic E-state index is -0.525. The van der Waals surface area contributed by atoms with Crippen LogP contribution in [-0.2, 0) is 17.3 Å². The molecule has 0 heterocycles. The van der Waals surface area contributed by atoms with E-state index in [0.29, 0.717) is 0 Å². The number of nitrogens with zero attached hydrogens (tertiary/aromatic N) is 1. The largest absolute Gasteiger partial charge is 0.310 e. The number of hydrogen-bond acceptors (Lipinski definition) is 1. The zero-order valence-electron chi connectivity index (χ0n) is 37.0. The zero-order chi connectivity index (χ0) is 44.1. The van der Waals surface area contributed by atoms with Crippen molar-refractivity contribution in [3.05, 3.63) is 310 Å². The van der Waals surface area contributed by atoms with Gasteiger partial charge in [0.15, 0.2) is 0 Å². The highest BCUT2D eigenvalue weighted by atomic mass is 15.1. The molecule has 10 aromatic rings. The standard InChI is InChI=1S/C66H45N/c1-4-18-44(19-5-1)45-32-35-49(36-33-45)67(50-37-39-56-55-28-12-15-29-58(55)65(62(56)42-50,47-21-6-2-7-22-47)48-23-8-3-9-24-48)51-38-40-57-63(43-51)66(61-41-34-46-20-10-11-25-52(46)64(57)61)59-30-16-13-26-53(59)54-27-14-17-31-60(54)66/h1-33,35-40,42-43H,34,41H2. The van der Waals surface area contributed by atoms with E-state index in [4.69, 9.17) is 0 Å². The predicted octanol–water partition coefficient (Wildman–Crippen LogP) is 16.3. The molecule has 1 heteroatoms. The fraction of sp³-hybridized carbons (Fsp3) is 0.0606. The van der Waals surface area contributed by atoms with Crippen molar-refractivity contribution < 1.29 is 0 Å². The number of allylic oxidation sites excluding steroid dienone is 1. The molecule has 0 unspecified atom stereocenters. The van der Waals surface area contributed by atoms with Gasteiger partial charge in [-0.3, -0.25) is 0 Å². The van der Waals surface area contributed by atoms with E-state index in [1.807, 2.05) is 0 Å². The Bertz CT molecular complexity index is 3530. The van der Waals surface area contributed by atoms with Crippen molar-refractivity contribution in [1.82, 2.24) is 0 Å². The molecule has 0 amide bonds. The van der Waals surface area contributed by atoms with Crippen molar-refractivity contribution in [3.8, 4) is 33.4 Å². The summed E-state index contributed by atoms with van der Waals surface area (Å²) >= 11 is 0. The highest BCUT2D eigenvalue weighted by Crippen LogP contribution is 2.65. The Balaban J connectivity index is 1.04. The van der Waals surface area contributed by atoms with E-state index in [9.17, 15) is 0 Å². The van der Waals surface area contributed by atoms with E-state index in [1.54, 1.807) is 0 Å². The smallest absolute Gasteiger partial charge is 0.0714 e. The normalized spacial score (nSPS) is 14.9. The Hall–Kier alpha value is -8.26. The third kappa shape index (κ3) is 5.26. The fourth-order valence-corrected chi connectivity index (χ4v) is 12.9. The average Bonchev–Trinajstić information content (AvgIpc) is 4.00. The zero-order valence-corrected chi connectivity index (χ0v) is 37.0. The Morgan fingerprint density at radius 2 is 0.701 bits per heavy atom. The number of anilines is 3. The molecule has 0 aromatic heterocycles. The molecular weight excluding hydrogens is 807 g/mol. The van der Waals surface area contributed by atoms with Crippen LogP contribution in [0.25, 0.3) is 39.0 Å². The molecule has 4 aliphatic carbocycles. The molecule has 0 bridgehead atoms. The van der Waals surface area contributed by atoms with Crippen LogP contribution in [0, 0.1) is 0 Å². The SMILES string of the molecule is c1ccc(-c2ccc(N(c3ccc4c(c3)C3(C5=C4c4ccccc4CC5)c4ccccc4-c4ccccc43)c3ccc4c(c3)C(c3ccccc3)(c3ccccc3)c3ccccc3-4)cc2)cc1. The van der Waals surface area contributed by atoms with E-state index in [0.717, 1.165) is 29.9 Å². The average molecular weight is 852 g/mol.